The van der Waals surface area contributed by atoms with Crippen LogP contribution in [0.25, 0.3) is 0 Å². The van der Waals surface area contributed by atoms with Gasteiger partial charge in [-0.2, -0.15) is 0 Å². The molecule has 1 atom stereocenters. The highest BCUT2D eigenvalue weighted by Gasteiger charge is 2.53. The van der Waals surface area contributed by atoms with Gasteiger partial charge in [-0.1, -0.05) is 29.8 Å². The van der Waals surface area contributed by atoms with Crippen LogP contribution < -0.4 is 10.6 Å². The number of hydrogen-bond donors (Lipinski definition) is 2. The molecule has 1 aliphatic heterocycles. The number of rotatable bonds is 6. The molecule has 2 aliphatic carbocycles. The van der Waals surface area contributed by atoms with Crippen LogP contribution >= 0.6 is 0 Å². The highest BCUT2D eigenvalue weighted by atomic mass is 16.2. The zero-order valence-corrected chi connectivity index (χ0v) is 17.9. The molecule has 8 nitrogen and oxygen atoms in total. The zero-order valence-electron chi connectivity index (χ0n) is 17.9. The van der Waals surface area contributed by atoms with Crippen molar-refractivity contribution < 1.29 is 14.4 Å². The molecule has 1 aromatic heterocycles. The Morgan fingerprint density at radius 1 is 1.23 bits per heavy atom. The summed E-state index contributed by atoms with van der Waals surface area (Å²) >= 11 is 0. The molecule has 2 saturated carbocycles. The molecule has 2 fully saturated rings. The Bertz CT molecular complexity index is 1070. The van der Waals surface area contributed by atoms with Crippen molar-refractivity contribution in [3.05, 3.63) is 53.1 Å². The third kappa shape index (κ3) is 3.60. The van der Waals surface area contributed by atoms with Gasteiger partial charge in [0.2, 0.25) is 5.91 Å². The van der Waals surface area contributed by atoms with Crippen LogP contribution in [0.15, 0.2) is 30.6 Å². The first kappa shape index (κ1) is 19.8. The lowest BCUT2D eigenvalue weighted by Gasteiger charge is -2.44. The fourth-order valence-corrected chi connectivity index (χ4v) is 4.40. The van der Waals surface area contributed by atoms with Crippen molar-refractivity contribution in [2.75, 3.05) is 0 Å². The van der Waals surface area contributed by atoms with E-state index < -0.39 is 5.54 Å². The Kier molecular flexibility index (Phi) is 4.60. The van der Waals surface area contributed by atoms with Crippen molar-refractivity contribution in [1.82, 2.24) is 25.1 Å². The summed E-state index contributed by atoms with van der Waals surface area (Å²) in [6.07, 6.45) is 5.16. The predicted octanol–water partition coefficient (Wildman–Crippen LogP) is 1.78. The highest BCUT2D eigenvalue weighted by Crippen LogP contribution is 2.39. The molecular weight excluding hydrogens is 394 g/mol. The highest BCUT2D eigenvalue weighted by molar-refractivity contribution is 6.07. The van der Waals surface area contributed by atoms with Crippen molar-refractivity contribution in [1.29, 1.82) is 0 Å². The van der Waals surface area contributed by atoms with Gasteiger partial charge in [0, 0.05) is 18.6 Å². The normalized spacial score (nSPS) is 22.8. The molecule has 162 valence electrons. The van der Waals surface area contributed by atoms with Gasteiger partial charge in [0.05, 0.1) is 12.9 Å². The lowest BCUT2D eigenvalue weighted by Crippen LogP contribution is -2.64. The largest absolute Gasteiger partial charge is 0.350 e. The van der Waals surface area contributed by atoms with Crippen LogP contribution in [0.3, 0.4) is 0 Å². The van der Waals surface area contributed by atoms with E-state index in [2.05, 4.69) is 15.6 Å². The molecule has 31 heavy (non-hydrogen) atoms. The Morgan fingerprint density at radius 3 is 2.68 bits per heavy atom. The van der Waals surface area contributed by atoms with E-state index in [0.29, 0.717) is 6.54 Å². The van der Waals surface area contributed by atoms with Crippen LogP contribution in [0.4, 0.5) is 0 Å². The second-order valence-electron chi connectivity index (χ2n) is 9.17. The number of carbonyl (C=O) groups excluding carboxylic acids is 3. The minimum atomic E-state index is -1.04. The number of hydrogen-bond acceptors (Lipinski definition) is 4. The number of carbonyl (C=O) groups is 3. The second-order valence-corrected chi connectivity index (χ2v) is 9.17. The molecule has 0 spiro atoms. The van der Waals surface area contributed by atoms with Crippen molar-refractivity contribution in [3.63, 3.8) is 0 Å². The molecule has 0 unspecified atom stereocenters. The Morgan fingerprint density at radius 2 is 2.00 bits per heavy atom. The van der Waals surface area contributed by atoms with E-state index in [-0.39, 0.29) is 47.7 Å². The topological polar surface area (TPSA) is 96.3 Å². The van der Waals surface area contributed by atoms with Gasteiger partial charge < -0.3 is 20.1 Å². The van der Waals surface area contributed by atoms with Crippen molar-refractivity contribution in [2.24, 2.45) is 0 Å². The Balaban J connectivity index is 1.41. The summed E-state index contributed by atoms with van der Waals surface area (Å²) in [6.45, 7) is 4.49. The molecule has 3 amide bonds. The number of aromatic nitrogens is 2. The van der Waals surface area contributed by atoms with Crippen LogP contribution in [0.1, 0.15) is 64.7 Å². The van der Waals surface area contributed by atoms with Crippen LogP contribution in [-0.2, 0) is 17.9 Å². The molecule has 0 saturated heterocycles. The number of aryl methyl sites for hydroxylation is 1. The molecule has 1 aromatic carbocycles. The van der Waals surface area contributed by atoms with Gasteiger partial charge in [-0.3, -0.25) is 14.4 Å². The summed E-state index contributed by atoms with van der Waals surface area (Å²) in [5.74, 6) is -0.800. The number of benzene rings is 1. The van der Waals surface area contributed by atoms with Gasteiger partial charge in [-0.25, -0.2) is 4.98 Å². The minimum absolute atomic E-state index is 0.0187. The third-order valence-corrected chi connectivity index (χ3v) is 6.33. The maximum Gasteiger partial charge on any atom is 0.274 e. The van der Waals surface area contributed by atoms with Gasteiger partial charge in [-0.05, 0) is 45.1 Å². The molecule has 5 rings (SSSR count). The molecule has 2 aromatic rings. The van der Waals surface area contributed by atoms with Gasteiger partial charge in [0.15, 0.2) is 5.69 Å². The maximum absolute atomic E-state index is 13.5. The average Bonchev–Trinajstić information content (AvgIpc) is 3.66. The van der Waals surface area contributed by atoms with Crippen LogP contribution in [0.5, 0.6) is 0 Å². The van der Waals surface area contributed by atoms with E-state index in [1.807, 2.05) is 38.1 Å². The maximum atomic E-state index is 13.5. The first-order chi connectivity index (χ1) is 14.9. The summed E-state index contributed by atoms with van der Waals surface area (Å²) in [4.78, 5) is 45.4. The molecular formula is C23H27N5O3. The summed E-state index contributed by atoms with van der Waals surface area (Å²) < 4.78 is 1.66. The number of nitrogens with zero attached hydrogens (tertiary/aromatic N) is 3. The lowest BCUT2D eigenvalue weighted by molar-refractivity contribution is -0.133. The predicted molar refractivity (Wildman–Crippen MR) is 113 cm³/mol. The van der Waals surface area contributed by atoms with E-state index >= 15 is 0 Å². The molecule has 0 bridgehead atoms. The molecule has 0 radical (unpaired) electrons. The van der Waals surface area contributed by atoms with E-state index in [1.54, 1.807) is 9.47 Å². The number of imidazole rings is 1. The molecule has 8 heteroatoms. The Labute approximate surface area is 181 Å². The second kappa shape index (κ2) is 7.21. The average molecular weight is 422 g/mol. The van der Waals surface area contributed by atoms with E-state index in [0.717, 1.165) is 36.8 Å². The van der Waals surface area contributed by atoms with Gasteiger partial charge in [0.1, 0.15) is 11.2 Å². The first-order valence-corrected chi connectivity index (χ1v) is 10.9. The molecule has 2 N–H and O–H groups in total. The molecule has 2 heterocycles. The SMILES string of the molecule is Cc1cccc(CNC(=O)[C@]2(C)Cn3cnc(C(=O)NC4CC4)c3C(=O)N2C2CC2)c1. The van der Waals surface area contributed by atoms with Gasteiger partial charge >= 0.3 is 0 Å². The van der Waals surface area contributed by atoms with Crippen molar-refractivity contribution in [3.8, 4) is 0 Å². The first-order valence-electron chi connectivity index (χ1n) is 10.9. The summed E-state index contributed by atoms with van der Waals surface area (Å²) in [6, 6.07) is 8.18. The van der Waals surface area contributed by atoms with E-state index in [4.69, 9.17) is 0 Å². The van der Waals surface area contributed by atoms with E-state index in [9.17, 15) is 14.4 Å². The van der Waals surface area contributed by atoms with Crippen LogP contribution in [0, 0.1) is 6.92 Å². The summed E-state index contributed by atoms with van der Waals surface area (Å²) in [5, 5.41) is 5.93. The van der Waals surface area contributed by atoms with Crippen molar-refractivity contribution in [2.45, 2.75) is 70.2 Å². The minimum Gasteiger partial charge on any atom is -0.350 e. The third-order valence-electron chi connectivity index (χ3n) is 6.33. The van der Waals surface area contributed by atoms with Gasteiger partial charge in [0.25, 0.3) is 11.8 Å². The van der Waals surface area contributed by atoms with E-state index in [1.165, 1.54) is 6.33 Å². The zero-order chi connectivity index (χ0) is 21.8. The lowest BCUT2D eigenvalue weighted by atomic mass is 9.93. The molecule has 3 aliphatic rings. The van der Waals surface area contributed by atoms with Crippen LogP contribution in [0.2, 0.25) is 0 Å². The smallest absolute Gasteiger partial charge is 0.274 e. The summed E-state index contributed by atoms with van der Waals surface area (Å²) in [5.41, 5.74) is 1.55. The Hall–Kier alpha value is -3.16. The quantitative estimate of drug-likeness (QED) is 0.743. The number of nitrogens with one attached hydrogen (secondary N) is 2. The number of fused-ring (bicyclic) bond motifs is 1. The standard InChI is InChI=1S/C23H27N5O3/c1-14-4-3-5-15(10-14)11-24-22(31)23(2)12-27-13-25-18(20(29)26-16-6-7-16)19(27)21(30)28(23)17-8-9-17/h3-5,10,13,16-17H,6-9,11-12H2,1-2H3,(H,24,31)(H,26,29)/t23-/m0/s1. The van der Waals surface area contributed by atoms with Crippen molar-refractivity contribution >= 4 is 17.7 Å². The van der Waals surface area contributed by atoms with Gasteiger partial charge in [-0.15, -0.1) is 0 Å². The number of amides is 3. The fraction of sp³-hybridized carbons (Fsp3) is 0.478. The van der Waals surface area contributed by atoms with Crippen LogP contribution in [-0.4, -0.2) is 49.8 Å². The summed E-state index contributed by atoms with van der Waals surface area (Å²) in [7, 11) is 0. The fourth-order valence-electron chi connectivity index (χ4n) is 4.40. The monoisotopic (exact) mass is 421 g/mol.